The standard InChI is InChI=1S/C24H26Cl2FN5O/c25-21-12-19(13-22(26)31-21)30-23(33)32(9-8-29-7-6-27)20-4-5-24(14-18(24)11-20)17-3-1-2-16(10-17)15-28/h1-3,10,12-13,18,20,29H,4-9,11,14H2,(H,30,31,33)/t18?,20?,24-/m1/s1. The molecule has 3 atom stereocenters. The Morgan fingerprint density at radius 2 is 2.06 bits per heavy atom. The van der Waals surface area contributed by atoms with Crippen molar-refractivity contribution in [3.05, 3.63) is 57.8 Å². The van der Waals surface area contributed by atoms with Gasteiger partial charge in [-0.2, -0.15) is 5.26 Å². The van der Waals surface area contributed by atoms with Crippen LogP contribution in [0.2, 0.25) is 10.3 Å². The number of rotatable bonds is 8. The normalized spacial score (nSPS) is 23.3. The highest BCUT2D eigenvalue weighted by molar-refractivity contribution is 6.32. The third kappa shape index (κ3) is 5.40. The summed E-state index contributed by atoms with van der Waals surface area (Å²) in [6, 6.07) is 13.1. The second-order valence-electron chi connectivity index (χ2n) is 8.74. The second kappa shape index (κ2) is 10.3. The third-order valence-corrected chi connectivity index (χ3v) is 7.18. The zero-order valence-electron chi connectivity index (χ0n) is 18.2. The minimum absolute atomic E-state index is 0.0738. The van der Waals surface area contributed by atoms with E-state index in [1.807, 2.05) is 23.1 Å². The van der Waals surface area contributed by atoms with Gasteiger partial charge in [0.15, 0.2) is 0 Å². The molecule has 2 aromatic rings. The number of alkyl halides is 1. The predicted octanol–water partition coefficient (Wildman–Crippen LogP) is 5.16. The maximum atomic E-state index is 13.2. The molecule has 2 amide bonds. The lowest BCUT2D eigenvalue weighted by molar-refractivity contribution is 0.161. The number of hydrogen-bond donors (Lipinski definition) is 2. The average Bonchev–Trinajstić information content (AvgIpc) is 3.53. The highest BCUT2D eigenvalue weighted by atomic mass is 35.5. The maximum Gasteiger partial charge on any atom is 0.322 e. The molecule has 174 valence electrons. The molecule has 2 saturated carbocycles. The number of benzene rings is 1. The molecule has 0 bridgehead atoms. The van der Waals surface area contributed by atoms with E-state index in [0.29, 0.717) is 30.3 Å². The Kier molecular flexibility index (Phi) is 7.38. The van der Waals surface area contributed by atoms with Crippen molar-refractivity contribution >= 4 is 34.9 Å². The van der Waals surface area contributed by atoms with E-state index >= 15 is 0 Å². The van der Waals surface area contributed by atoms with E-state index in [2.05, 4.69) is 27.8 Å². The van der Waals surface area contributed by atoms with E-state index in [4.69, 9.17) is 23.2 Å². The third-order valence-electron chi connectivity index (χ3n) is 6.80. The zero-order chi connectivity index (χ0) is 23.4. The molecule has 4 rings (SSSR count). The van der Waals surface area contributed by atoms with Gasteiger partial charge in [0.1, 0.15) is 17.0 Å². The Labute approximate surface area is 203 Å². The molecule has 9 heteroatoms. The Morgan fingerprint density at radius 3 is 2.76 bits per heavy atom. The van der Waals surface area contributed by atoms with Crippen LogP contribution in [0.3, 0.4) is 0 Å². The molecule has 1 heterocycles. The molecule has 2 aliphatic carbocycles. The van der Waals surface area contributed by atoms with Gasteiger partial charge in [-0.05, 0) is 66.8 Å². The van der Waals surface area contributed by atoms with Crippen LogP contribution in [0.25, 0.3) is 0 Å². The average molecular weight is 490 g/mol. The van der Waals surface area contributed by atoms with Crippen molar-refractivity contribution in [1.82, 2.24) is 15.2 Å². The molecule has 0 radical (unpaired) electrons. The molecule has 0 spiro atoms. The summed E-state index contributed by atoms with van der Waals surface area (Å²) in [6.07, 6.45) is 3.79. The van der Waals surface area contributed by atoms with Gasteiger partial charge in [0.2, 0.25) is 0 Å². The van der Waals surface area contributed by atoms with Crippen LogP contribution in [0.5, 0.6) is 0 Å². The quantitative estimate of drug-likeness (QED) is 0.396. The topological polar surface area (TPSA) is 81.0 Å². The number of carbonyl (C=O) groups is 1. The summed E-state index contributed by atoms with van der Waals surface area (Å²) >= 11 is 11.9. The molecule has 2 unspecified atom stereocenters. The van der Waals surface area contributed by atoms with Gasteiger partial charge in [0.05, 0.1) is 11.6 Å². The molecule has 0 aliphatic heterocycles. The number of anilines is 1. The van der Waals surface area contributed by atoms with Crippen LogP contribution >= 0.6 is 23.2 Å². The van der Waals surface area contributed by atoms with Crippen LogP contribution in [0.4, 0.5) is 14.9 Å². The SMILES string of the molecule is N#Cc1cccc([C@]23CCC(N(CCNCCF)C(=O)Nc4cc(Cl)nc(Cl)c4)CC2C3)c1. The van der Waals surface area contributed by atoms with Crippen LogP contribution in [-0.4, -0.2) is 48.3 Å². The number of nitrogens with zero attached hydrogens (tertiary/aromatic N) is 3. The van der Waals surface area contributed by atoms with Crippen LogP contribution in [0.1, 0.15) is 36.8 Å². The van der Waals surface area contributed by atoms with Gasteiger partial charge in [-0.1, -0.05) is 35.3 Å². The molecule has 2 aliphatic rings. The monoisotopic (exact) mass is 489 g/mol. The molecule has 1 aromatic carbocycles. The summed E-state index contributed by atoms with van der Waals surface area (Å²) in [5.41, 5.74) is 2.51. The van der Waals surface area contributed by atoms with Crippen LogP contribution < -0.4 is 10.6 Å². The molecule has 6 nitrogen and oxygen atoms in total. The van der Waals surface area contributed by atoms with Gasteiger partial charge in [0.25, 0.3) is 0 Å². The maximum absolute atomic E-state index is 13.2. The number of nitriles is 1. The molecular weight excluding hydrogens is 464 g/mol. The Hall–Kier alpha value is -2.40. The number of aromatic nitrogens is 1. The van der Waals surface area contributed by atoms with Crippen molar-refractivity contribution in [2.75, 3.05) is 31.6 Å². The van der Waals surface area contributed by atoms with Crippen molar-refractivity contribution in [3.8, 4) is 6.07 Å². The van der Waals surface area contributed by atoms with E-state index in [1.54, 1.807) is 12.1 Å². The Morgan fingerprint density at radius 1 is 1.27 bits per heavy atom. The number of pyridine rings is 1. The number of hydrogen-bond acceptors (Lipinski definition) is 4. The summed E-state index contributed by atoms with van der Waals surface area (Å²) in [6.45, 7) is 0.783. The van der Waals surface area contributed by atoms with Crippen molar-refractivity contribution in [3.63, 3.8) is 0 Å². The van der Waals surface area contributed by atoms with Crippen LogP contribution in [-0.2, 0) is 5.41 Å². The lowest BCUT2D eigenvalue weighted by atomic mass is 9.80. The number of amides is 2. The van der Waals surface area contributed by atoms with Crippen molar-refractivity contribution in [2.45, 2.75) is 37.1 Å². The first kappa shape index (κ1) is 23.7. The summed E-state index contributed by atoms with van der Waals surface area (Å²) in [7, 11) is 0. The lowest BCUT2D eigenvalue weighted by Gasteiger charge is -2.37. The fraction of sp³-hybridized carbons (Fsp3) is 0.458. The molecule has 2 N–H and O–H groups in total. The minimum atomic E-state index is -0.448. The van der Waals surface area contributed by atoms with Gasteiger partial charge >= 0.3 is 6.03 Å². The number of carbonyl (C=O) groups excluding carboxylic acids is 1. The second-order valence-corrected chi connectivity index (χ2v) is 9.52. The first-order chi connectivity index (χ1) is 15.9. The van der Waals surface area contributed by atoms with Crippen molar-refractivity contribution in [1.29, 1.82) is 5.26 Å². The van der Waals surface area contributed by atoms with E-state index < -0.39 is 6.67 Å². The number of halogens is 3. The van der Waals surface area contributed by atoms with E-state index in [1.165, 1.54) is 5.56 Å². The van der Waals surface area contributed by atoms with Gasteiger partial charge in [-0.3, -0.25) is 0 Å². The predicted molar refractivity (Wildman–Crippen MR) is 127 cm³/mol. The smallest absolute Gasteiger partial charge is 0.320 e. The fourth-order valence-corrected chi connectivity index (χ4v) is 5.58. The summed E-state index contributed by atoms with van der Waals surface area (Å²) < 4.78 is 12.5. The van der Waals surface area contributed by atoms with Gasteiger partial charge in [-0.25, -0.2) is 14.2 Å². The zero-order valence-corrected chi connectivity index (χ0v) is 19.7. The molecule has 2 fully saturated rings. The van der Waals surface area contributed by atoms with Gasteiger partial charge in [-0.15, -0.1) is 0 Å². The first-order valence-corrected chi connectivity index (χ1v) is 11.9. The minimum Gasteiger partial charge on any atom is -0.320 e. The number of urea groups is 1. The lowest BCUT2D eigenvalue weighted by Crippen LogP contribution is -2.48. The molecule has 0 saturated heterocycles. The summed E-state index contributed by atoms with van der Waals surface area (Å²) in [4.78, 5) is 19.0. The number of nitrogens with one attached hydrogen (secondary N) is 2. The highest BCUT2D eigenvalue weighted by Gasteiger charge is 2.58. The van der Waals surface area contributed by atoms with E-state index in [-0.39, 0.29) is 34.3 Å². The van der Waals surface area contributed by atoms with Gasteiger partial charge < -0.3 is 15.5 Å². The van der Waals surface area contributed by atoms with Crippen molar-refractivity contribution < 1.29 is 9.18 Å². The van der Waals surface area contributed by atoms with Gasteiger partial charge in [0, 0.05) is 31.4 Å². The van der Waals surface area contributed by atoms with E-state index in [9.17, 15) is 14.4 Å². The largest absolute Gasteiger partial charge is 0.322 e. The number of fused-ring (bicyclic) bond motifs is 1. The molecular formula is C24H26Cl2FN5O. The van der Waals surface area contributed by atoms with Crippen LogP contribution in [0, 0.1) is 17.2 Å². The van der Waals surface area contributed by atoms with Crippen molar-refractivity contribution in [2.24, 2.45) is 5.92 Å². The Balaban J connectivity index is 1.46. The highest BCUT2D eigenvalue weighted by Crippen LogP contribution is 2.62. The molecule has 1 aromatic heterocycles. The summed E-state index contributed by atoms with van der Waals surface area (Å²) in [5.74, 6) is 0.476. The Bertz CT molecular complexity index is 1040. The molecule has 33 heavy (non-hydrogen) atoms. The first-order valence-electron chi connectivity index (χ1n) is 11.1. The van der Waals surface area contributed by atoms with Crippen LogP contribution in [0.15, 0.2) is 36.4 Å². The van der Waals surface area contributed by atoms with E-state index in [0.717, 1.165) is 25.7 Å². The summed E-state index contributed by atoms with van der Waals surface area (Å²) in [5, 5.41) is 15.6. The fourth-order valence-electron chi connectivity index (χ4n) is 5.12.